The van der Waals surface area contributed by atoms with Crippen molar-refractivity contribution in [3.8, 4) is 6.07 Å². The minimum Gasteiger partial charge on any atom is -0.355 e. The van der Waals surface area contributed by atoms with Crippen LogP contribution >= 0.6 is 0 Å². The van der Waals surface area contributed by atoms with E-state index in [1.807, 2.05) is 11.6 Å². The lowest BCUT2D eigenvalue weighted by molar-refractivity contribution is 0.478. The monoisotopic (exact) mass is 337 g/mol. The van der Waals surface area contributed by atoms with Crippen LogP contribution in [-0.2, 0) is 13.6 Å². The lowest BCUT2D eigenvalue weighted by Crippen LogP contribution is -2.36. The molecule has 0 unspecified atom stereocenters. The van der Waals surface area contributed by atoms with E-state index >= 15 is 0 Å². The fourth-order valence-corrected chi connectivity index (χ4v) is 3.49. The number of nitriles is 1. The number of rotatable bonds is 4. The van der Waals surface area contributed by atoms with Crippen molar-refractivity contribution in [3.63, 3.8) is 0 Å². The summed E-state index contributed by atoms with van der Waals surface area (Å²) >= 11 is 0. The number of hydrogen-bond donors (Lipinski definition) is 0. The first kappa shape index (κ1) is 15.5. The largest absolute Gasteiger partial charge is 0.355 e. The van der Waals surface area contributed by atoms with Crippen molar-refractivity contribution in [1.29, 1.82) is 5.26 Å². The molecule has 4 rings (SSSR count). The van der Waals surface area contributed by atoms with Crippen LogP contribution in [0.5, 0.6) is 0 Å². The Hall–Kier alpha value is -3.02. The minimum absolute atomic E-state index is 0.333. The fraction of sp³-hybridized carbons (Fsp3) is 0.500. The van der Waals surface area contributed by atoms with E-state index in [0.717, 1.165) is 48.6 Å². The van der Waals surface area contributed by atoms with Gasteiger partial charge in [0.1, 0.15) is 24.3 Å². The Morgan fingerprint density at radius 3 is 3.08 bits per heavy atom. The molecule has 9 heteroatoms. The van der Waals surface area contributed by atoms with Crippen molar-refractivity contribution >= 4 is 16.9 Å². The molecule has 0 aromatic carbocycles. The van der Waals surface area contributed by atoms with Gasteiger partial charge in [-0.2, -0.15) is 10.4 Å². The maximum atomic E-state index is 8.79. The Bertz CT molecular complexity index is 919. The number of piperidine rings is 1. The van der Waals surface area contributed by atoms with Gasteiger partial charge >= 0.3 is 0 Å². The fourth-order valence-electron chi connectivity index (χ4n) is 3.49. The third kappa shape index (κ3) is 2.80. The van der Waals surface area contributed by atoms with Gasteiger partial charge in [-0.1, -0.05) is 0 Å². The van der Waals surface area contributed by atoms with Crippen molar-refractivity contribution in [3.05, 3.63) is 24.7 Å². The minimum atomic E-state index is 0.333. The molecule has 3 aromatic rings. The number of hydrogen-bond acceptors (Lipinski definition) is 7. The summed E-state index contributed by atoms with van der Waals surface area (Å²) < 4.78 is 3.76. The van der Waals surface area contributed by atoms with Crippen LogP contribution in [0.15, 0.2) is 18.9 Å². The van der Waals surface area contributed by atoms with Gasteiger partial charge in [0, 0.05) is 26.1 Å². The zero-order chi connectivity index (χ0) is 17.2. The van der Waals surface area contributed by atoms with Gasteiger partial charge < -0.3 is 9.47 Å². The summed E-state index contributed by atoms with van der Waals surface area (Å²) in [6.45, 7) is 2.34. The van der Waals surface area contributed by atoms with Crippen LogP contribution in [0.3, 0.4) is 0 Å². The van der Waals surface area contributed by atoms with Crippen molar-refractivity contribution < 1.29 is 0 Å². The normalized spacial score (nSPS) is 17.8. The molecule has 1 saturated heterocycles. The molecule has 0 amide bonds. The quantitative estimate of drug-likeness (QED) is 0.706. The van der Waals surface area contributed by atoms with Gasteiger partial charge in [0.2, 0.25) is 0 Å². The van der Waals surface area contributed by atoms with Gasteiger partial charge in [-0.05, 0) is 12.8 Å². The molecular weight excluding hydrogens is 318 g/mol. The van der Waals surface area contributed by atoms with E-state index in [1.54, 1.807) is 23.5 Å². The topological polar surface area (TPSA) is 101 Å². The van der Waals surface area contributed by atoms with Crippen LogP contribution in [0.4, 0.5) is 5.82 Å². The SMILES string of the molecule is Cn1cnnc1[C@@H]1CCCN(c2ncnc3c2cnn3CCC#N)C1. The molecule has 0 spiro atoms. The number of anilines is 1. The summed E-state index contributed by atoms with van der Waals surface area (Å²) in [6, 6.07) is 2.15. The molecule has 3 aromatic heterocycles. The molecule has 25 heavy (non-hydrogen) atoms. The predicted octanol–water partition coefficient (Wildman–Crippen LogP) is 1.25. The summed E-state index contributed by atoms with van der Waals surface area (Å²) in [5.74, 6) is 2.25. The lowest BCUT2D eigenvalue weighted by atomic mass is 9.97. The van der Waals surface area contributed by atoms with Crippen LogP contribution < -0.4 is 4.90 Å². The number of nitrogens with zero attached hydrogens (tertiary/aromatic N) is 9. The third-order valence-corrected chi connectivity index (χ3v) is 4.68. The van der Waals surface area contributed by atoms with Crippen molar-refractivity contribution in [2.24, 2.45) is 7.05 Å². The first-order valence-corrected chi connectivity index (χ1v) is 8.40. The Morgan fingerprint density at radius 2 is 2.28 bits per heavy atom. The van der Waals surface area contributed by atoms with Crippen LogP contribution in [0, 0.1) is 11.3 Å². The van der Waals surface area contributed by atoms with E-state index < -0.39 is 0 Å². The summed E-state index contributed by atoms with van der Waals surface area (Å²) in [5, 5.41) is 22.4. The van der Waals surface area contributed by atoms with Crippen LogP contribution in [0.25, 0.3) is 11.0 Å². The summed E-state index contributed by atoms with van der Waals surface area (Å²) in [6.07, 6.45) is 7.71. The molecule has 1 fully saturated rings. The molecule has 1 atom stereocenters. The van der Waals surface area contributed by atoms with Crippen LogP contribution in [0.1, 0.15) is 31.0 Å². The molecule has 0 saturated carbocycles. The second kappa shape index (κ2) is 6.47. The molecule has 9 nitrogen and oxygen atoms in total. The Kier molecular flexibility index (Phi) is 4.01. The highest BCUT2D eigenvalue weighted by Gasteiger charge is 2.27. The Labute approximate surface area is 144 Å². The molecule has 0 radical (unpaired) electrons. The predicted molar refractivity (Wildman–Crippen MR) is 90.7 cm³/mol. The molecule has 1 aliphatic rings. The van der Waals surface area contributed by atoms with Gasteiger partial charge in [-0.25, -0.2) is 14.6 Å². The maximum absolute atomic E-state index is 8.79. The van der Waals surface area contributed by atoms with E-state index in [4.69, 9.17) is 5.26 Å². The standard InChI is InChI=1S/C16H19N9/c1-23-11-20-22-14(23)12-4-2-6-24(9-12)15-13-8-21-25(7-3-5-17)16(13)19-10-18-15/h8,10-12H,2-4,6-7,9H2,1H3/t12-/m1/s1. The number of aromatic nitrogens is 7. The molecule has 0 bridgehead atoms. The third-order valence-electron chi connectivity index (χ3n) is 4.68. The molecule has 4 heterocycles. The van der Waals surface area contributed by atoms with Crippen LogP contribution in [0.2, 0.25) is 0 Å². The van der Waals surface area contributed by atoms with Gasteiger partial charge in [-0.15, -0.1) is 10.2 Å². The van der Waals surface area contributed by atoms with Gasteiger partial charge in [0.25, 0.3) is 0 Å². The zero-order valence-electron chi connectivity index (χ0n) is 14.1. The summed E-state index contributed by atoms with van der Waals surface area (Å²) in [4.78, 5) is 11.2. The highest BCUT2D eigenvalue weighted by Crippen LogP contribution is 2.30. The van der Waals surface area contributed by atoms with Crippen molar-refractivity contribution in [2.75, 3.05) is 18.0 Å². The number of aryl methyl sites for hydroxylation is 2. The maximum Gasteiger partial charge on any atom is 0.163 e. The molecule has 0 N–H and O–H groups in total. The van der Waals surface area contributed by atoms with Crippen molar-refractivity contribution in [2.45, 2.75) is 31.7 Å². The van der Waals surface area contributed by atoms with Crippen molar-refractivity contribution in [1.82, 2.24) is 34.5 Å². The second-order valence-corrected chi connectivity index (χ2v) is 6.30. The van der Waals surface area contributed by atoms with Gasteiger partial charge in [-0.3, -0.25) is 0 Å². The number of fused-ring (bicyclic) bond motifs is 1. The highest BCUT2D eigenvalue weighted by molar-refractivity contribution is 5.86. The average molecular weight is 337 g/mol. The van der Waals surface area contributed by atoms with E-state index in [9.17, 15) is 0 Å². The van der Waals surface area contributed by atoms with E-state index in [-0.39, 0.29) is 0 Å². The first-order valence-electron chi connectivity index (χ1n) is 8.40. The molecule has 128 valence electrons. The molecule has 1 aliphatic heterocycles. The Morgan fingerprint density at radius 1 is 1.36 bits per heavy atom. The van der Waals surface area contributed by atoms with Gasteiger partial charge in [0.05, 0.1) is 30.6 Å². The van der Waals surface area contributed by atoms with E-state index in [0.29, 0.717) is 18.9 Å². The van der Waals surface area contributed by atoms with Gasteiger partial charge in [0.15, 0.2) is 5.65 Å². The van der Waals surface area contributed by atoms with Crippen LogP contribution in [-0.4, -0.2) is 47.6 Å². The Balaban J connectivity index is 1.64. The summed E-state index contributed by atoms with van der Waals surface area (Å²) in [5.41, 5.74) is 0.779. The lowest BCUT2D eigenvalue weighted by Gasteiger charge is -2.33. The smallest absolute Gasteiger partial charge is 0.163 e. The highest BCUT2D eigenvalue weighted by atomic mass is 15.3. The average Bonchev–Trinajstić information content (AvgIpc) is 3.26. The second-order valence-electron chi connectivity index (χ2n) is 6.30. The summed E-state index contributed by atoms with van der Waals surface area (Å²) in [7, 11) is 1.98. The molecule has 0 aliphatic carbocycles. The van der Waals surface area contributed by atoms with E-state index in [1.165, 1.54) is 0 Å². The zero-order valence-corrected chi connectivity index (χ0v) is 14.1. The molecular formula is C16H19N9. The van der Waals surface area contributed by atoms with E-state index in [2.05, 4.69) is 36.2 Å². The first-order chi connectivity index (χ1) is 12.3.